The normalized spacial score (nSPS) is 10.2. The molecule has 1 amide bonds. The summed E-state index contributed by atoms with van der Waals surface area (Å²) >= 11 is 0. The molecular weight excluding hydrogens is 238 g/mol. The second-order valence-corrected chi connectivity index (χ2v) is 4.75. The Labute approximate surface area is 115 Å². The van der Waals surface area contributed by atoms with Gasteiger partial charge in [0.1, 0.15) is 0 Å². The van der Waals surface area contributed by atoms with E-state index in [4.69, 9.17) is 5.84 Å². The first-order valence-corrected chi connectivity index (χ1v) is 7.11. The third kappa shape index (κ3) is 6.25. The number of amides is 1. The van der Waals surface area contributed by atoms with Gasteiger partial charge in [-0.2, -0.15) is 0 Å². The lowest BCUT2D eigenvalue weighted by molar-refractivity contribution is -0.107. The summed E-state index contributed by atoms with van der Waals surface area (Å²) in [5, 5.41) is 4.44. The fourth-order valence-electron chi connectivity index (χ4n) is 1.95. The van der Waals surface area contributed by atoms with Gasteiger partial charge in [0, 0.05) is 12.2 Å². The molecule has 0 heterocycles. The molecule has 0 spiro atoms. The molecule has 4 nitrogen and oxygen atoms in total. The summed E-state index contributed by atoms with van der Waals surface area (Å²) in [5.74, 6) is 5.47. The molecule has 0 atom stereocenters. The van der Waals surface area contributed by atoms with Crippen molar-refractivity contribution in [1.29, 1.82) is 0 Å². The Balaban J connectivity index is 2.17. The van der Waals surface area contributed by atoms with Crippen molar-refractivity contribution in [3.8, 4) is 0 Å². The number of nitrogens with one attached hydrogen (secondary N) is 1. The highest BCUT2D eigenvalue weighted by atomic mass is 16.1. The van der Waals surface area contributed by atoms with Crippen LogP contribution in [-0.2, 0) is 4.79 Å². The molecule has 0 aromatic heterocycles. The van der Waals surface area contributed by atoms with Crippen molar-refractivity contribution in [3.05, 3.63) is 24.3 Å². The number of hydrazine groups is 1. The van der Waals surface area contributed by atoms with Crippen LogP contribution < -0.4 is 16.2 Å². The topological polar surface area (TPSA) is 58.4 Å². The lowest BCUT2D eigenvalue weighted by Crippen LogP contribution is -2.28. The smallest absolute Gasteiger partial charge is 0.228 e. The number of hydrogen-bond donors (Lipinski definition) is 2. The molecule has 1 aromatic carbocycles. The van der Waals surface area contributed by atoms with Crippen molar-refractivity contribution in [1.82, 2.24) is 0 Å². The van der Waals surface area contributed by atoms with Crippen LogP contribution in [0.3, 0.4) is 0 Å². The van der Waals surface area contributed by atoms with Crippen LogP contribution in [0.4, 0.5) is 11.4 Å². The maximum absolute atomic E-state index is 10.5. The van der Waals surface area contributed by atoms with Crippen molar-refractivity contribution in [2.75, 3.05) is 16.9 Å². The molecule has 106 valence electrons. The second kappa shape index (κ2) is 9.39. The second-order valence-electron chi connectivity index (χ2n) is 4.75. The Bertz CT molecular complexity index is 351. The van der Waals surface area contributed by atoms with E-state index in [9.17, 15) is 4.79 Å². The minimum absolute atomic E-state index is 0.596. The molecule has 0 aliphatic carbocycles. The van der Waals surface area contributed by atoms with Crippen LogP contribution >= 0.6 is 0 Å². The van der Waals surface area contributed by atoms with Crippen molar-refractivity contribution in [3.63, 3.8) is 0 Å². The molecule has 0 unspecified atom stereocenters. The van der Waals surface area contributed by atoms with E-state index in [2.05, 4.69) is 12.2 Å². The van der Waals surface area contributed by atoms with Gasteiger partial charge in [0.05, 0.1) is 5.69 Å². The summed E-state index contributed by atoms with van der Waals surface area (Å²) in [7, 11) is 0. The number of rotatable bonds is 10. The van der Waals surface area contributed by atoms with Crippen molar-refractivity contribution in [2.24, 2.45) is 5.84 Å². The largest absolute Gasteiger partial charge is 0.385 e. The van der Waals surface area contributed by atoms with Crippen molar-refractivity contribution in [2.45, 2.75) is 45.4 Å². The Morgan fingerprint density at radius 3 is 2.37 bits per heavy atom. The van der Waals surface area contributed by atoms with Crippen molar-refractivity contribution < 1.29 is 4.79 Å². The summed E-state index contributed by atoms with van der Waals surface area (Å²) in [4.78, 5) is 10.5. The van der Waals surface area contributed by atoms with Gasteiger partial charge in [0.2, 0.25) is 6.41 Å². The van der Waals surface area contributed by atoms with E-state index < -0.39 is 0 Å². The number of benzene rings is 1. The molecule has 0 saturated carbocycles. The molecular formula is C15H25N3O. The highest BCUT2D eigenvalue weighted by Crippen LogP contribution is 2.15. The third-order valence-electron chi connectivity index (χ3n) is 3.14. The van der Waals surface area contributed by atoms with Crippen LogP contribution in [0.1, 0.15) is 45.4 Å². The number of hydrogen-bond acceptors (Lipinski definition) is 3. The van der Waals surface area contributed by atoms with E-state index in [1.165, 1.54) is 38.5 Å². The predicted molar refractivity (Wildman–Crippen MR) is 81.0 cm³/mol. The summed E-state index contributed by atoms with van der Waals surface area (Å²) in [6, 6.07) is 7.54. The van der Waals surface area contributed by atoms with Gasteiger partial charge in [-0.25, -0.2) is 5.84 Å². The number of carbonyl (C=O) groups excluding carboxylic acids is 1. The van der Waals surface area contributed by atoms with Gasteiger partial charge in [0.25, 0.3) is 0 Å². The monoisotopic (exact) mass is 263 g/mol. The van der Waals surface area contributed by atoms with Gasteiger partial charge < -0.3 is 5.32 Å². The number of carbonyl (C=O) groups is 1. The van der Waals surface area contributed by atoms with E-state index in [1.807, 2.05) is 24.3 Å². The van der Waals surface area contributed by atoms with Gasteiger partial charge in [-0.3, -0.25) is 9.80 Å². The molecule has 19 heavy (non-hydrogen) atoms. The Morgan fingerprint density at radius 1 is 1.11 bits per heavy atom. The lowest BCUT2D eigenvalue weighted by atomic mass is 10.1. The molecule has 0 fully saturated rings. The van der Waals surface area contributed by atoms with Gasteiger partial charge >= 0.3 is 0 Å². The van der Waals surface area contributed by atoms with E-state index in [1.54, 1.807) is 0 Å². The Hall–Kier alpha value is -1.55. The zero-order valence-electron chi connectivity index (χ0n) is 11.8. The summed E-state index contributed by atoms with van der Waals surface area (Å²) in [5.41, 5.74) is 1.76. The van der Waals surface area contributed by atoms with Crippen LogP contribution in [-0.4, -0.2) is 13.0 Å². The zero-order valence-corrected chi connectivity index (χ0v) is 11.8. The van der Waals surface area contributed by atoms with Crippen LogP contribution in [0.5, 0.6) is 0 Å². The highest BCUT2D eigenvalue weighted by Gasteiger charge is 1.99. The number of nitrogens with two attached hydrogens (primary N) is 1. The number of unbranched alkanes of at least 4 members (excludes halogenated alkanes) is 5. The average molecular weight is 263 g/mol. The predicted octanol–water partition coefficient (Wildman–Crippen LogP) is 3.30. The summed E-state index contributed by atoms with van der Waals surface area (Å²) in [6.45, 7) is 3.23. The lowest BCUT2D eigenvalue weighted by Gasteiger charge is -2.11. The third-order valence-corrected chi connectivity index (χ3v) is 3.14. The number of anilines is 2. The SMILES string of the molecule is CCCCCCCCNc1ccc(N(N)C=O)cc1. The first kappa shape index (κ1) is 15.5. The minimum Gasteiger partial charge on any atom is -0.385 e. The summed E-state index contributed by atoms with van der Waals surface area (Å²) in [6.07, 6.45) is 8.40. The quantitative estimate of drug-likeness (QED) is 0.224. The average Bonchev–Trinajstić information content (AvgIpc) is 2.46. The molecule has 4 heteroatoms. The van der Waals surface area contributed by atoms with E-state index >= 15 is 0 Å². The fraction of sp³-hybridized carbons (Fsp3) is 0.533. The van der Waals surface area contributed by atoms with Crippen LogP contribution in [0, 0.1) is 0 Å². The molecule has 1 rings (SSSR count). The molecule has 3 N–H and O–H groups in total. The maximum Gasteiger partial charge on any atom is 0.228 e. The molecule has 0 radical (unpaired) electrons. The number of nitrogens with zero attached hydrogens (tertiary/aromatic N) is 1. The first-order valence-electron chi connectivity index (χ1n) is 7.11. The molecule has 0 aliphatic heterocycles. The zero-order chi connectivity index (χ0) is 13.9. The van der Waals surface area contributed by atoms with Gasteiger partial charge in [-0.15, -0.1) is 0 Å². The summed E-state index contributed by atoms with van der Waals surface area (Å²) < 4.78 is 0. The standard InChI is InChI=1S/C15H25N3O/c1-2-3-4-5-6-7-12-17-14-8-10-15(11-9-14)18(16)13-19/h8-11,13,17H,2-7,12,16H2,1H3. The molecule has 1 aromatic rings. The van der Waals surface area contributed by atoms with E-state index in [0.29, 0.717) is 12.1 Å². The van der Waals surface area contributed by atoms with Gasteiger partial charge in [-0.05, 0) is 30.7 Å². The van der Waals surface area contributed by atoms with E-state index in [-0.39, 0.29) is 0 Å². The van der Waals surface area contributed by atoms with Crippen LogP contribution in [0.15, 0.2) is 24.3 Å². The minimum atomic E-state index is 0.596. The first-order chi connectivity index (χ1) is 9.27. The van der Waals surface area contributed by atoms with Crippen LogP contribution in [0.2, 0.25) is 0 Å². The molecule has 0 bridgehead atoms. The Kier molecular flexibility index (Phi) is 7.66. The Morgan fingerprint density at radius 2 is 1.74 bits per heavy atom. The van der Waals surface area contributed by atoms with Gasteiger partial charge in [-0.1, -0.05) is 39.0 Å². The fourth-order valence-corrected chi connectivity index (χ4v) is 1.95. The van der Waals surface area contributed by atoms with Gasteiger partial charge in [0.15, 0.2) is 0 Å². The molecule has 0 saturated heterocycles. The van der Waals surface area contributed by atoms with Crippen molar-refractivity contribution >= 4 is 17.8 Å². The maximum atomic E-state index is 10.5. The van der Waals surface area contributed by atoms with Crippen LogP contribution in [0.25, 0.3) is 0 Å². The van der Waals surface area contributed by atoms with E-state index in [0.717, 1.165) is 17.2 Å². The molecule has 0 aliphatic rings. The highest BCUT2D eigenvalue weighted by molar-refractivity contribution is 5.74.